The van der Waals surface area contributed by atoms with Gasteiger partial charge in [0, 0.05) is 5.69 Å². The molecule has 0 unspecified atom stereocenters. The molecule has 154 valence electrons. The minimum Gasteiger partial charge on any atom is -0.507 e. The second-order valence-corrected chi connectivity index (χ2v) is 6.39. The van der Waals surface area contributed by atoms with E-state index < -0.39 is 18.0 Å². The van der Waals surface area contributed by atoms with E-state index in [1.165, 1.54) is 37.3 Å². The largest absolute Gasteiger partial charge is 0.507 e. The Balaban J connectivity index is 1.76. The number of aromatic hydroxyl groups is 1. The van der Waals surface area contributed by atoms with E-state index in [0.29, 0.717) is 5.56 Å². The molecule has 0 fully saturated rings. The third-order valence-corrected chi connectivity index (χ3v) is 4.23. The lowest BCUT2D eigenvalue weighted by Crippen LogP contribution is -2.29. The Morgan fingerprint density at radius 2 is 1.63 bits per heavy atom. The molecule has 0 aliphatic heterocycles. The van der Waals surface area contributed by atoms with Crippen LogP contribution in [0.3, 0.4) is 0 Å². The highest BCUT2D eigenvalue weighted by Gasteiger charge is 2.38. The minimum atomic E-state index is -5.00. The smallest absolute Gasteiger partial charge is 0.471 e. The first-order valence-corrected chi connectivity index (χ1v) is 8.70. The minimum absolute atomic E-state index is 0.0245. The van der Waals surface area contributed by atoms with Crippen molar-refractivity contribution in [3.8, 4) is 5.75 Å². The lowest BCUT2D eigenvalue weighted by atomic mass is 10.1. The summed E-state index contributed by atoms with van der Waals surface area (Å²) in [6.07, 6.45) is -5.00. The fourth-order valence-corrected chi connectivity index (χ4v) is 2.69. The summed E-state index contributed by atoms with van der Waals surface area (Å²) in [4.78, 5) is 23.5. The Labute approximate surface area is 169 Å². The average Bonchev–Trinajstić information content (AvgIpc) is 2.70. The van der Waals surface area contributed by atoms with Crippen molar-refractivity contribution in [3.05, 3.63) is 71.8 Å². The number of phenols is 1. The number of hydrazone groups is 1. The molecule has 6 nitrogen and oxygen atoms in total. The maximum absolute atomic E-state index is 12.4. The molecular formula is C21H16F3N3O3. The van der Waals surface area contributed by atoms with Crippen LogP contribution in [0.25, 0.3) is 10.8 Å². The Bertz CT molecular complexity index is 1160. The zero-order chi connectivity index (χ0) is 21.9. The van der Waals surface area contributed by atoms with E-state index in [0.717, 1.165) is 10.8 Å². The van der Waals surface area contributed by atoms with Crippen LogP contribution in [0.4, 0.5) is 18.9 Å². The summed E-state index contributed by atoms with van der Waals surface area (Å²) in [5.41, 5.74) is 2.94. The van der Waals surface area contributed by atoms with Gasteiger partial charge in [0.15, 0.2) is 0 Å². The summed E-state index contributed by atoms with van der Waals surface area (Å²) in [6, 6.07) is 15.8. The van der Waals surface area contributed by atoms with E-state index in [1.807, 2.05) is 0 Å². The van der Waals surface area contributed by atoms with Crippen LogP contribution in [0.5, 0.6) is 5.75 Å². The highest BCUT2D eigenvalue weighted by atomic mass is 19.4. The van der Waals surface area contributed by atoms with Crippen molar-refractivity contribution < 1.29 is 27.9 Å². The van der Waals surface area contributed by atoms with Gasteiger partial charge in [-0.2, -0.15) is 18.3 Å². The molecule has 3 aromatic carbocycles. The number of carbonyl (C=O) groups excluding carboxylic acids is 2. The number of nitrogens with zero attached hydrogens (tertiary/aromatic N) is 1. The third kappa shape index (κ3) is 4.75. The quantitative estimate of drug-likeness (QED) is 0.441. The summed E-state index contributed by atoms with van der Waals surface area (Å²) in [6.45, 7) is 1.53. The predicted octanol–water partition coefficient (Wildman–Crippen LogP) is 4.20. The molecule has 0 bridgehead atoms. The second-order valence-electron chi connectivity index (χ2n) is 6.39. The van der Waals surface area contributed by atoms with Crippen molar-refractivity contribution in [1.82, 2.24) is 5.43 Å². The molecule has 0 aliphatic carbocycles. The highest BCUT2D eigenvalue weighted by Crippen LogP contribution is 2.25. The fraction of sp³-hybridized carbons (Fsp3) is 0.0952. The van der Waals surface area contributed by atoms with Crippen LogP contribution in [-0.2, 0) is 4.79 Å². The molecule has 0 heterocycles. The van der Waals surface area contributed by atoms with E-state index >= 15 is 0 Å². The number of amides is 2. The Morgan fingerprint density at radius 1 is 0.967 bits per heavy atom. The molecule has 0 radical (unpaired) electrons. The lowest BCUT2D eigenvalue weighted by molar-refractivity contribution is -0.167. The van der Waals surface area contributed by atoms with Crippen molar-refractivity contribution in [2.45, 2.75) is 13.1 Å². The SMILES string of the molecule is CC(=NNC(=O)c1cc2ccccc2cc1O)c1cccc(NC(=O)C(F)(F)F)c1. The lowest BCUT2D eigenvalue weighted by Gasteiger charge is -2.10. The molecule has 3 rings (SSSR count). The topological polar surface area (TPSA) is 90.8 Å². The Morgan fingerprint density at radius 3 is 2.30 bits per heavy atom. The van der Waals surface area contributed by atoms with Gasteiger partial charge in [-0.3, -0.25) is 9.59 Å². The van der Waals surface area contributed by atoms with Crippen molar-refractivity contribution >= 4 is 34.0 Å². The number of rotatable bonds is 4. The van der Waals surface area contributed by atoms with Gasteiger partial charge in [0.05, 0.1) is 11.3 Å². The fourth-order valence-electron chi connectivity index (χ4n) is 2.69. The molecule has 3 N–H and O–H groups in total. The Hall–Kier alpha value is -3.88. The normalized spacial score (nSPS) is 11.9. The van der Waals surface area contributed by atoms with Gasteiger partial charge in [-0.05, 0) is 47.5 Å². The number of fused-ring (bicyclic) bond motifs is 1. The van der Waals surface area contributed by atoms with E-state index in [9.17, 15) is 27.9 Å². The number of halogens is 3. The number of alkyl halides is 3. The standard InChI is InChI=1S/C21H16F3N3O3/c1-12(13-7-4-8-16(9-13)25-20(30)21(22,23)24)26-27-19(29)17-10-14-5-2-3-6-15(14)11-18(17)28/h2-11,28H,1H3,(H,25,30)(H,27,29). The maximum Gasteiger partial charge on any atom is 0.471 e. The molecule has 2 amide bonds. The number of phenolic OH excluding ortho intramolecular Hbond substituents is 1. The van der Waals surface area contributed by atoms with Gasteiger partial charge >= 0.3 is 12.1 Å². The van der Waals surface area contributed by atoms with Gasteiger partial charge in [-0.25, -0.2) is 5.43 Å². The molecule has 0 saturated carbocycles. The van der Waals surface area contributed by atoms with Crippen LogP contribution in [0.2, 0.25) is 0 Å². The summed E-state index contributed by atoms with van der Waals surface area (Å²) in [7, 11) is 0. The summed E-state index contributed by atoms with van der Waals surface area (Å²) in [5, 5.41) is 17.3. The van der Waals surface area contributed by atoms with Gasteiger partial charge in [0.25, 0.3) is 5.91 Å². The van der Waals surface area contributed by atoms with E-state index in [1.54, 1.807) is 35.6 Å². The average molecular weight is 415 g/mol. The number of hydrogen-bond acceptors (Lipinski definition) is 4. The van der Waals surface area contributed by atoms with E-state index in [4.69, 9.17) is 0 Å². The summed E-state index contributed by atoms with van der Waals surface area (Å²) >= 11 is 0. The zero-order valence-corrected chi connectivity index (χ0v) is 15.6. The van der Waals surface area contributed by atoms with Crippen LogP contribution in [0.15, 0.2) is 65.8 Å². The number of nitrogens with one attached hydrogen (secondary N) is 2. The summed E-state index contributed by atoms with van der Waals surface area (Å²) < 4.78 is 37.2. The third-order valence-electron chi connectivity index (χ3n) is 4.23. The number of anilines is 1. The first kappa shape index (κ1) is 20.8. The molecule has 30 heavy (non-hydrogen) atoms. The van der Waals surface area contributed by atoms with Crippen molar-refractivity contribution in [3.63, 3.8) is 0 Å². The summed E-state index contributed by atoms with van der Waals surface area (Å²) in [5.74, 6) is -2.95. The van der Waals surface area contributed by atoms with Gasteiger partial charge in [0.2, 0.25) is 0 Å². The molecule has 3 aromatic rings. The zero-order valence-electron chi connectivity index (χ0n) is 15.6. The highest BCUT2D eigenvalue weighted by molar-refractivity contribution is 6.04. The number of hydrogen-bond donors (Lipinski definition) is 3. The monoisotopic (exact) mass is 415 g/mol. The van der Waals surface area contributed by atoms with Crippen LogP contribution in [0, 0.1) is 0 Å². The van der Waals surface area contributed by atoms with Crippen molar-refractivity contribution in [1.29, 1.82) is 0 Å². The van der Waals surface area contributed by atoms with E-state index in [-0.39, 0.29) is 22.7 Å². The maximum atomic E-state index is 12.4. The second kappa shape index (κ2) is 8.24. The molecule has 0 aliphatic rings. The molecular weight excluding hydrogens is 399 g/mol. The molecule has 0 spiro atoms. The van der Waals surface area contributed by atoms with Gasteiger partial charge in [-0.1, -0.05) is 36.4 Å². The van der Waals surface area contributed by atoms with Gasteiger partial charge in [-0.15, -0.1) is 0 Å². The van der Waals surface area contributed by atoms with Crippen LogP contribution >= 0.6 is 0 Å². The van der Waals surface area contributed by atoms with E-state index in [2.05, 4.69) is 10.5 Å². The van der Waals surface area contributed by atoms with Gasteiger partial charge in [0.1, 0.15) is 5.75 Å². The molecule has 0 atom stereocenters. The van der Waals surface area contributed by atoms with Crippen LogP contribution in [-0.4, -0.2) is 28.8 Å². The molecule has 9 heteroatoms. The van der Waals surface area contributed by atoms with Crippen molar-refractivity contribution in [2.24, 2.45) is 5.10 Å². The van der Waals surface area contributed by atoms with Gasteiger partial charge < -0.3 is 10.4 Å². The predicted molar refractivity (Wildman–Crippen MR) is 106 cm³/mol. The van der Waals surface area contributed by atoms with Crippen LogP contribution in [0.1, 0.15) is 22.8 Å². The molecule has 0 aromatic heterocycles. The van der Waals surface area contributed by atoms with Crippen LogP contribution < -0.4 is 10.7 Å². The number of benzene rings is 3. The Kier molecular flexibility index (Phi) is 5.72. The van der Waals surface area contributed by atoms with Crippen molar-refractivity contribution in [2.75, 3.05) is 5.32 Å². The number of carbonyl (C=O) groups is 2. The first-order chi connectivity index (χ1) is 14.1. The first-order valence-electron chi connectivity index (χ1n) is 8.70. The molecule has 0 saturated heterocycles.